The van der Waals surface area contributed by atoms with Crippen molar-refractivity contribution in [3.05, 3.63) is 60.4 Å². The molecule has 0 aliphatic heterocycles. The Balaban J connectivity index is 1.26. The quantitative estimate of drug-likeness (QED) is 0.279. The van der Waals surface area contributed by atoms with Gasteiger partial charge in [0, 0.05) is 46.1 Å². The first-order valence-electron chi connectivity index (χ1n) is 11.8. The van der Waals surface area contributed by atoms with E-state index in [-0.39, 0.29) is 17.0 Å². The number of pyridine rings is 3. The molecule has 0 bridgehead atoms. The van der Waals surface area contributed by atoms with Crippen molar-refractivity contribution < 1.29 is 9.18 Å². The maximum atomic E-state index is 13.7. The summed E-state index contributed by atoms with van der Waals surface area (Å²) in [4.78, 5) is 34.4. The van der Waals surface area contributed by atoms with Crippen LogP contribution in [-0.4, -0.2) is 41.0 Å². The van der Waals surface area contributed by atoms with Gasteiger partial charge in [0.15, 0.2) is 16.6 Å². The number of carbonyl (C=O) groups is 1. The molecule has 1 fully saturated rings. The minimum absolute atomic E-state index is 0.0416. The summed E-state index contributed by atoms with van der Waals surface area (Å²) in [6.07, 6.45) is 11.5. The molecule has 0 atom stereocenters. The Morgan fingerprint density at radius 2 is 1.92 bits per heavy atom. The van der Waals surface area contributed by atoms with Crippen molar-refractivity contribution in [3.63, 3.8) is 0 Å². The van der Waals surface area contributed by atoms with Crippen LogP contribution in [0.2, 0.25) is 0 Å². The average Bonchev–Trinajstić information content (AvgIpc) is 3.60. The van der Waals surface area contributed by atoms with Crippen LogP contribution in [-0.2, 0) is 4.79 Å². The largest absolute Gasteiger partial charge is 0.335 e. The first-order chi connectivity index (χ1) is 18.1. The number of hydrogen-bond donors (Lipinski definition) is 3. The monoisotopic (exact) mass is 510 g/mol. The molecule has 6 aromatic heterocycles. The lowest BCUT2D eigenvalue weighted by molar-refractivity contribution is -0.122. The van der Waals surface area contributed by atoms with Gasteiger partial charge in [0.1, 0.15) is 11.2 Å². The molecule has 182 valence electrons. The SMILES string of the molecule is O=C(Nc1cncc(-c2cnc3n[nH]c(-c4nc5c(-c6ccc(F)s6)cncc5[nH]4)c3c2)c1)C1CCC1. The number of nitrogens with zero attached hydrogens (tertiary/aromatic N) is 5. The van der Waals surface area contributed by atoms with Crippen molar-refractivity contribution in [2.75, 3.05) is 5.32 Å². The van der Waals surface area contributed by atoms with Crippen molar-refractivity contribution in [2.24, 2.45) is 5.92 Å². The van der Waals surface area contributed by atoms with Crippen LogP contribution in [0.1, 0.15) is 19.3 Å². The van der Waals surface area contributed by atoms with Crippen LogP contribution in [0.25, 0.3) is 55.2 Å². The maximum absolute atomic E-state index is 13.7. The highest BCUT2D eigenvalue weighted by Crippen LogP contribution is 2.34. The van der Waals surface area contributed by atoms with E-state index in [1.54, 1.807) is 37.1 Å². The molecule has 0 saturated heterocycles. The van der Waals surface area contributed by atoms with Crippen molar-refractivity contribution in [1.29, 1.82) is 0 Å². The van der Waals surface area contributed by atoms with E-state index >= 15 is 0 Å². The van der Waals surface area contributed by atoms with Gasteiger partial charge in [0.05, 0.1) is 29.0 Å². The molecule has 3 N–H and O–H groups in total. The normalized spacial score (nSPS) is 13.8. The lowest BCUT2D eigenvalue weighted by atomic mass is 9.85. The number of imidazole rings is 1. The van der Waals surface area contributed by atoms with Crippen LogP contribution < -0.4 is 5.32 Å². The van der Waals surface area contributed by atoms with Crippen molar-refractivity contribution in [1.82, 2.24) is 35.1 Å². The van der Waals surface area contributed by atoms with Gasteiger partial charge in [-0.15, -0.1) is 11.3 Å². The summed E-state index contributed by atoms with van der Waals surface area (Å²) in [6, 6.07) is 7.02. The maximum Gasteiger partial charge on any atom is 0.227 e. The number of thiophene rings is 1. The molecule has 1 aliphatic carbocycles. The fourth-order valence-corrected chi connectivity index (χ4v) is 5.25. The zero-order valence-corrected chi connectivity index (χ0v) is 20.1. The Bertz CT molecular complexity index is 1800. The highest BCUT2D eigenvalue weighted by molar-refractivity contribution is 7.14. The Kier molecular flexibility index (Phi) is 5.03. The molecule has 6 aromatic rings. The second kappa shape index (κ2) is 8.56. The van der Waals surface area contributed by atoms with Gasteiger partial charge >= 0.3 is 0 Å². The molecule has 7 rings (SSSR count). The number of nitrogens with one attached hydrogen (secondary N) is 3. The van der Waals surface area contributed by atoms with Crippen molar-refractivity contribution in [2.45, 2.75) is 19.3 Å². The Morgan fingerprint density at radius 1 is 1.05 bits per heavy atom. The van der Waals surface area contributed by atoms with Crippen LogP contribution in [0.5, 0.6) is 0 Å². The minimum Gasteiger partial charge on any atom is -0.335 e. The summed E-state index contributed by atoms with van der Waals surface area (Å²) in [5.41, 5.74) is 5.70. The predicted molar refractivity (Wildman–Crippen MR) is 139 cm³/mol. The van der Waals surface area contributed by atoms with E-state index in [1.165, 1.54) is 6.07 Å². The predicted octanol–water partition coefficient (Wildman–Crippen LogP) is 5.56. The number of amides is 1. The van der Waals surface area contributed by atoms with Gasteiger partial charge in [0.25, 0.3) is 0 Å². The van der Waals surface area contributed by atoms with Gasteiger partial charge in [-0.05, 0) is 37.1 Å². The second-order valence-corrected chi connectivity index (χ2v) is 10.1. The zero-order valence-electron chi connectivity index (χ0n) is 19.3. The number of H-pyrrole nitrogens is 2. The van der Waals surface area contributed by atoms with Gasteiger partial charge in [-0.1, -0.05) is 6.42 Å². The molecule has 9 nitrogen and oxygen atoms in total. The standard InChI is InChI=1S/C26H19FN8OS/c27-21-5-4-20(37-21)18-11-29-12-19-22(18)33-25(32-19)23-17-7-15(9-30-24(17)35-34-23)14-6-16(10-28-8-14)31-26(36)13-2-1-3-13/h4-13H,1-3H2,(H,31,36)(H,32,33)(H,30,34,35). The third kappa shape index (κ3) is 3.84. The second-order valence-electron chi connectivity index (χ2n) is 9.05. The molecule has 0 radical (unpaired) electrons. The molecule has 11 heteroatoms. The van der Waals surface area contributed by atoms with E-state index < -0.39 is 0 Å². The topological polar surface area (TPSA) is 125 Å². The van der Waals surface area contributed by atoms with Gasteiger partial charge in [-0.25, -0.2) is 9.97 Å². The molecule has 0 aromatic carbocycles. The van der Waals surface area contributed by atoms with E-state index in [1.807, 2.05) is 12.1 Å². The van der Waals surface area contributed by atoms with E-state index in [0.717, 1.165) is 63.1 Å². The lowest BCUT2D eigenvalue weighted by Crippen LogP contribution is -2.28. The fraction of sp³-hybridized carbons (Fsp3) is 0.154. The fourth-order valence-electron chi connectivity index (χ4n) is 4.51. The molecule has 0 unspecified atom stereocenters. The molecule has 6 heterocycles. The number of aromatic amines is 2. The smallest absolute Gasteiger partial charge is 0.227 e. The van der Waals surface area contributed by atoms with E-state index in [2.05, 4.69) is 35.5 Å². The zero-order chi connectivity index (χ0) is 24.9. The number of aromatic nitrogens is 7. The summed E-state index contributed by atoms with van der Waals surface area (Å²) in [6.45, 7) is 0. The average molecular weight is 511 g/mol. The van der Waals surface area contributed by atoms with E-state index in [0.29, 0.717) is 28.4 Å². The van der Waals surface area contributed by atoms with Crippen molar-refractivity contribution in [3.8, 4) is 33.1 Å². The molecule has 1 aliphatic rings. The number of halogens is 1. The number of anilines is 1. The Labute approximate surface area is 213 Å². The molecule has 0 spiro atoms. The third-order valence-electron chi connectivity index (χ3n) is 6.69. The van der Waals surface area contributed by atoms with Gasteiger partial charge in [-0.3, -0.25) is 19.9 Å². The van der Waals surface area contributed by atoms with Crippen LogP contribution >= 0.6 is 11.3 Å². The van der Waals surface area contributed by atoms with Gasteiger partial charge in [-0.2, -0.15) is 9.49 Å². The summed E-state index contributed by atoms with van der Waals surface area (Å²) in [5.74, 6) is 0.704. The Hall–Kier alpha value is -4.51. The first-order valence-corrected chi connectivity index (χ1v) is 12.6. The summed E-state index contributed by atoms with van der Waals surface area (Å²) in [7, 11) is 0. The molecule has 1 saturated carbocycles. The first kappa shape index (κ1) is 21.7. The lowest BCUT2D eigenvalue weighted by Gasteiger charge is -2.24. The van der Waals surface area contributed by atoms with Gasteiger partial charge in [0.2, 0.25) is 5.91 Å². The van der Waals surface area contributed by atoms with E-state index in [4.69, 9.17) is 4.98 Å². The summed E-state index contributed by atoms with van der Waals surface area (Å²) < 4.78 is 13.7. The highest BCUT2D eigenvalue weighted by atomic mass is 32.1. The molecular weight excluding hydrogens is 491 g/mol. The van der Waals surface area contributed by atoms with Crippen LogP contribution in [0, 0.1) is 11.0 Å². The van der Waals surface area contributed by atoms with Crippen LogP contribution in [0.3, 0.4) is 0 Å². The highest BCUT2D eigenvalue weighted by Gasteiger charge is 2.25. The number of fused-ring (bicyclic) bond motifs is 2. The van der Waals surface area contributed by atoms with Gasteiger partial charge < -0.3 is 10.3 Å². The van der Waals surface area contributed by atoms with Crippen LogP contribution in [0.15, 0.2) is 55.2 Å². The minimum atomic E-state index is -0.262. The molecule has 37 heavy (non-hydrogen) atoms. The van der Waals surface area contributed by atoms with Crippen molar-refractivity contribution >= 4 is 45.0 Å². The number of carbonyl (C=O) groups excluding carboxylic acids is 1. The summed E-state index contributed by atoms with van der Waals surface area (Å²) >= 11 is 1.05. The number of hydrogen-bond acceptors (Lipinski definition) is 7. The number of rotatable bonds is 5. The van der Waals surface area contributed by atoms with E-state index in [9.17, 15) is 9.18 Å². The van der Waals surface area contributed by atoms with Crippen LogP contribution in [0.4, 0.5) is 10.1 Å². The molecular formula is C26H19FN8OS. The third-order valence-corrected chi connectivity index (χ3v) is 7.60. The Morgan fingerprint density at radius 3 is 2.73 bits per heavy atom. The summed E-state index contributed by atoms with van der Waals surface area (Å²) in [5, 5.41) is 10.9. The molecule has 1 amide bonds.